The molecule has 3 aromatic rings. The summed E-state index contributed by atoms with van der Waals surface area (Å²) in [5.41, 5.74) is 3.44. The summed E-state index contributed by atoms with van der Waals surface area (Å²) < 4.78 is 12.7. The number of benzene rings is 2. The highest BCUT2D eigenvalue weighted by molar-refractivity contribution is 5.93. The number of methoxy groups -OCH3 is 1. The number of carbonyl (C=O) groups excluding carboxylic acids is 2. The number of esters is 1. The van der Waals surface area contributed by atoms with Gasteiger partial charge in [-0.25, -0.2) is 9.59 Å². The third-order valence-electron chi connectivity index (χ3n) is 5.32. The van der Waals surface area contributed by atoms with Gasteiger partial charge in [0, 0.05) is 6.54 Å². The summed E-state index contributed by atoms with van der Waals surface area (Å²) >= 11 is 0. The first kappa shape index (κ1) is 21.4. The molecular formula is C24H26N4O4. The maximum absolute atomic E-state index is 12.6. The van der Waals surface area contributed by atoms with Crippen LogP contribution < -0.4 is 15.4 Å². The van der Waals surface area contributed by atoms with E-state index >= 15 is 0 Å². The quantitative estimate of drug-likeness (QED) is 0.560. The fraction of sp³-hybridized carbons (Fsp3) is 0.292. The lowest BCUT2D eigenvalue weighted by Gasteiger charge is -2.13. The van der Waals surface area contributed by atoms with Crippen molar-refractivity contribution in [3.05, 3.63) is 71.0 Å². The zero-order valence-corrected chi connectivity index (χ0v) is 18.2. The SMILES string of the molecule is COC(=O)c1c(CNC(=O)Nc2ccccc2Oc2cccc(C)c2)nn2c1CCCC2. The number of nitrogens with zero attached hydrogens (tertiary/aromatic N) is 2. The molecule has 1 aliphatic heterocycles. The Morgan fingerprint density at radius 3 is 2.78 bits per heavy atom. The molecule has 8 heteroatoms. The number of fused-ring (bicyclic) bond motifs is 1. The highest BCUT2D eigenvalue weighted by Crippen LogP contribution is 2.29. The molecule has 0 spiro atoms. The van der Waals surface area contributed by atoms with Crippen molar-refractivity contribution < 1.29 is 19.1 Å². The van der Waals surface area contributed by atoms with Gasteiger partial charge < -0.3 is 20.1 Å². The Balaban J connectivity index is 1.45. The van der Waals surface area contributed by atoms with Crippen LogP contribution in [-0.4, -0.2) is 28.9 Å². The van der Waals surface area contributed by atoms with Crippen LogP contribution in [0.15, 0.2) is 48.5 Å². The Kier molecular flexibility index (Phi) is 6.39. The van der Waals surface area contributed by atoms with Crippen LogP contribution in [0.25, 0.3) is 0 Å². The Morgan fingerprint density at radius 1 is 1.12 bits per heavy atom. The second kappa shape index (κ2) is 9.55. The number of hydrogen-bond acceptors (Lipinski definition) is 5. The molecule has 0 fully saturated rings. The van der Waals surface area contributed by atoms with Gasteiger partial charge in [0.15, 0.2) is 5.75 Å². The van der Waals surface area contributed by atoms with Crippen molar-refractivity contribution in [2.45, 2.75) is 39.3 Å². The summed E-state index contributed by atoms with van der Waals surface area (Å²) in [6, 6.07) is 14.5. The number of rotatable bonds is 6. The minimum Gasteiger partial charge on any atom is -0.465 e. The monoisotopic (exact) mass is 434 g/mol. The largest absolute Gasteiger partial charge is 0.465 e. The molecule has 0 saturated carbocycles. The van der Waals surface area contributed by atoms with Crippen LogP contribution in [0.5, 0.6) is 11.5 Å². The van der Waals surface area contributed by atoms with E-state index in [2.05, 4.69) is 15.7 Å². The predicted octanol–water partition coefficient (Wildman–Crippen LogP) is 4.43. The van der Waals surface area contributed by atoms with Crippen LogP contribution in [0.1, 0.15) is 40.2 Å². The van der Waals surface area contributed by atoms with Gasteiger partial charge in [-0.1, -0.05) is 24.3 Å². The number of aryl methyl sites for hydroxylation is 2. The van der Waals surface area contributed by atoms with Crippen molar-refractivity contribution in [1.29, 1.82) is 0 Å². The van der Waals surface area contributed by atoms with Gasteiger partial charge in [0.1, 0.15) is 11.3 Å². The summed E-state index contributed by atoms with van der Waals surface area (Å²) in [4.78, 5) is 24.9. The molecule has 0 bridgehead atoms. The van der Waals surface area contributed by atoms with Crippen LogP contribution in [0.4, 0.5) is 10.5 Å². The summed E-state index contributed by atoms with van der Waals surface area (Å²) in [5.74, 6) is 0.786. The molecule has 0 saturated heterocycles. The lowest BCUT2D eigenvalue weighted by Crippen LogP contribution is -2.29. The molecule has 0 radical (unpaired) electrons. The van der Waals surface area contributed by atoms with Crippen LogP contribution in [0.2, 0.25) is 0 Å². The molecule has 1 aromatic heterocycles. The van der Waals surface area contributed by atoms with Gasteiger partial charge in [0.05, 0.1) is 30.7 Å². The predicted molar refractivity (Wildman–Crippen MR) is 120 cm³/mol. The highest BCUT2D eigenvalue weighted by Gasteiger charge is 2.26. The molecule has 8 nitrogen and oxygen atoms in total. The standard InChI is InChI=1S/C24H26N4O4/c1-16-8-7-9-17(14-16)32-21-12-4-3-10-18(21)26-24(30)25-15-19-22(23(29)31-2)20-11-5-6-13-28(20)27-19/h3-4,7-10,12,14H,5-6,11,13,15H2,1-2H3,(H2,25,26,30). The molecule has 2 N–H and O–H groups in total. The van der Waals surface area contributed by atoms with Crippen LogP contribution in [-0.2, 0) is 24.2 Å². The molecule has 1 aliphatic rings. The smallest absolute Gasteiger partial charge is 0.341 e. The summed E-state index contributed by atoms with van der Waals surface area (Å²) in [6.45, 7) is 2.85. The van der Waals surface area contributed by atoms with Gasteiger partial charge in [-0.2, -0.15) is 5.10 Å². The number of amides is 2. The molecule has 4 rings (SSSR count). The number of aromatic nitrogens is 2. The molecular weight excluding hydrogens is 408 g/mol. The Hall–Kier alpha value is -3.81. The maximum Gasteiger partial charge on any atom is 0.341 e. The van der Waals surface area contributed by atoms with Crippen molar-refractivity contribution in [1.82, 2.24) is 15.1 Å². The second-order valence-corrected chi connectivity index (χ2v) is 7.66. The van der Waals surface area contributed by atoms with E-state index in [-0.39, 0.29) is 6.54 Å². The summed E-state index contributed by atoms with van der Waals surface area (Å²) in [6.07, 6.45) is 2.79. The normalized spacial score (nSPS) is 12.6. The third-order valence-corrected chi connectivity index (χ3v) is 5.32. The number of nitrogens with one attached hydrogen (secondary N) is 2. The Labute approximate surface area is 186 Å². The fourth-order valence-electron chi connectivity index (χ4n) is 3.80. The van der Waals surface area contributed by atoms with Crippen molar-refractivity contribution >= 4 is 17.7 Å². The number of para-hydroxylation sites is 2. The lowest BCUT2D eigenvalue weighted by molar-refractivity contribution is 0.0597. The summed E-state index contributed by atoms with van der Waals surface area (Å²) in [7, 11) is 1.35. The van der Waals surface area contributed by atoms with E-state index in [1.807, 2.05) is 48.0 Å². The van der Waals surface area contributed by atoms with Crippen LogP contribution in [0.3, 0.4) is 0 Å². The van der Waals surface area contributed by atoms with Crippen molar-refractivity contribution in [3.63, 3.8) is 0 Å². The van der Waals surface area contributed by atoms with E-state index < -0.39 is 12.0 Å². The van der Waals surface area contributed by atoms with Crippen molar-refractivity contribution in [2.24, 2.45) is 0 Å². The third kappa shape index (κ3) is 4.74. The number of carbonyl (C=O) groups is 2. The first-order chi connectivity index (χ1) is 15.5. The van der Waals surface area contributed by atoms with Gasteiger partial charge in [-0.15, -0.1) is 0 Å². The first-order valence-corrected chi connectivity index (χ1v) is 10.6. The van der Waals surface area contributed by atoms with Gasteiger partial charge in [0.2, 0.25) is 0 Å². The zero-order chi connectivity index (χ0) is 22.5. The fourth-order valence-corrected chi connectivity index (χ4v) is 3.80. The average Bonchev–Trinajstić information content (AvgIpc) is 3.17. The average molecular weight is 434 g/mol. The molecule has 2 heterocycles. The molecule has 2 amide bonds. The molecule has 32 heavy (non-hydrogen) atoms. The number of anilines is 1. The maximum atomic E-state index is 12.6. The second-order valence-electron chi connectivity index (χ2n) is 7.66. The van der Waals surface area contributed by atoms with E-state index in [4.69, 9.17) is 9.47 Å². The topological polar surface area (TPSA) is 94.5 Å². The minimum atomic E-state index is -0.428. The van der Waals surface area contributed by atoms with Gasteiger partial charge in [-0.05, 0) is 56.0 Å². The van der Waals surface area contributed by atoms with E-state index in [1.165, 1.54) is 7.11 Å². The highest BCUT2D eigenvalue weighted by atomic mass is 16.5. The molecule has 0 unspecified atom stereocenters. The number of ether oxygens (including phenoxy) is 2. The van der Waals surface area contributed by atoms with Crippen molar-refractivity contribution in [3.8, 4) is 11.5 Å². The molecule has 166 valence electrons. The van der Waals surface area contributed by atoms with Gasteiger partial charge in [-0.3, -0.25) is 4.68 Å². The van der Waals surface area contributed by atoms with E-state index in [1.54, 1.807) is 12.1 Å². The van der Waals surface area contributed by atoms with E-state index in [9.17, 15) is 9.59 Å². The number of urea groups is 1. The minimum absolute atomic E-state index is 0.108. The van der Waals surface area contributed by atoms with Crippen molar-refractivity contribution in [2.75, 3.05) is 12.4 Å². The summed E-state index contributed by atoms with van der Waals surface area (Å²) in [5, 5.41) is 10.1. The van der Waals surface area contributed by atoms with Gasteiger partial charge in [0.25, 0.3) is 0 Å². The number of hydrogen-bond donors (Lipinski definition) is 2. The first-order valence-electron chi connectivity index (χ1n) is 10.6. The van der Waals surface area contributed by atoms with Crippen LogP contribution >= 0.6 is 0 Å². The van der Waals surface area contributed by atoms with Gasteiger partial charge >= 0.3 is 12.0 Å². The van der Waals surface area contributed by atoms with E-state index in [0.29, 0.717) is 28.4 Å². The Bertz CT molecular complexity index is 1140. The molecule has 0 atom stereocenters. The Morgan fingerprint density at radius 2 is 1.97 bits per heavy atom. The van der Waals surface area contributed by atoms with E-state index in [0.717, 1.165) is 37.1 Å². The molecule has 0 aliphatic carbocycles. The molecule has 2 aromatic carbocycles. The zero-order valence-electron chi connectivity index (χ0n) is 18.2. The van der Waals surface area contributed by atoms with Crippen LogP contribution in [0, 0.1) is 6.92 Å². The lowest BCUT2D eigenvalue weighted by atomic mass is 10.0.